The Morgan fingerprint density at radius 2 is 1.90 bits per heavy atom. The van der Waals surface area contributed by atoms with Gasteiger partial charge in [-0.15, -0.1) is 0 Å². The van der Waals surface area contributed by atoms with Crippen LogP contribution in [0.3, 0.4) is 0 Å². The maximum Gasteiger partial charge on any atom is 0.224 e. The van der Waals surface area contributed by atoms with E-state index >= 15 is 0 Å². The van der Waals surface area contributed by atoms with Crippen LogP contribution in [0, 0.1) is 11.8 Å². The van der Waals surface area contributed by atoms with E-state index in [0.717, 1.165) is 24.4 Å². The fourth-order valence-corrected chi connectivity index (χ4v) is 3.10. The molecule has 2 rings (SSSR count). The second kappa shape index (κ2) is 8.03. The summed E-state index contributed by atoms with van der Waals surface area (Å²) in [6.45, 7) is 1.50. The molecule has 21 heavy (non-hydrogen) atoms. The molecule has 1 fully saturated rings. The van der Waals surface area contributed by atoms with Crippen molar-refractivity contribution in [2.24, 2.45) is 17.6 Å². The summed E-state index contributed by atoms with van der Waals surface area (Å²) in [5, 5.41) is 3.07. The maximum absolute atomic E-state index is 12.0. The van der Waals surface area contributed by atoms with E-state index in [0.29, 0.717) is 18.3 Å². The zero-order valence-corrected chi connectivity index (χ0v) is 12.8. The lowest BCUT2D eigenvalue weighted by atomic mass is 9.79. The first-order valence-electron chi connectivity index (χ1n) is 7.82. The predicted molar refractivity (Wildman–Crippen MR) is 84.2 cm³/mol. The smallest absolute Gasteiger partial charge is 0.224 e. The van der Waals surface area contributed by atoms with E-state index < -0.39 is 0 Å². The molecule has 0 saturated heterocycles. The van der Waals surface area contributed by atoms with Crippen LogP contribution in [0.5, 0.6) is 5.75 Å². The van der Waals surface area contributed by atoms with E-state index in [1.165, 1.54) is 25.7 Å². The van der Waals surface area contributed by atoms with E-state index in [2.05, 4.69) is 5.32 Å². The molecule has 1 aromatic carbocycles. The molecule has 1 amide bonds. The van der Waals surface area contributed by atoms with Gasteiger partial charge in [0.2, 0.25) is 5.91 Å². The number of ether oxygens (including phenoxy) is 1. The quantitative estimate of drug-likeness (QED) is 0.843. The number of nitrogens with two attached hydrogens (primary N) is 1. The van der Waals surface area contributed by atoms with E-state index in [4.69, 9.17) is 10.5 Å². The van der Waals surface area contributed by atoms with Crippen molar-refractivity contribution in [2.75, 3.05) is 20.2 Å². The number of rotatable bonds is 6. The standard InChI is InChI=1S/C17H26N2O2/c1-21-16-8-6-13(7-9-16)10-17(20)19-12-15-5-3-2-4-14(15)11-18/h6-9,14-15H,2-5,10-12,18H2,1H3,(H,19,20). The highest BCUT2D eigenvalue weighted by atomic mass is 16.5. The number of methoxy groups -OCH3 is 1. The van der Waals surface area contributed by atoms with Crippen molar-refractivity contribution in [3.05, 3.63) is 29.8 Å². The van der Waals surface area contributed by atoms with E-state index in [9.17, 15) is 4.79 Å². The van der Waals surface area contributed by atoms with Crippen molar-refractivity contribution >= 4 is 5.91 Å². The first-order valence-corrected chi connectivity index (χ1v) is 7.82. The largest absolute Gasteiger partial charge is 0.497 e. The van der Waals surface area contributed by atoms with Crippen molar-refractivity contribution in [1.29, 1.82) is 0 Å². The van der Waals surface area contributed by atoms with Crippen LogP contribution >= 0.6 is 0 Å². The van der Waals surface area contributed by atoms with Gasteiger partial charge in [-0.25, -0.2) is 0 Å². The molecular weight excluding hydrogens is 264 g/mol. The molecule has 1 saturated carbocycles. The Kier molecular flexibility index (Phi) is 6.05. The lowest BCUT2D eigenvalue weighted by Crippen LogP contribution is -2.37. The minimum absolute atomic E-state index is 0.0847. The van der Waals surface area contributed by atoms with Crippen LogP contribution < -0.4 is 15.8 Å². The van der Waals surface area contributed by atoms with Crippen LogP contribution in [0.2, 0.25) is 0 Å². The zero-order valence-electron chi connectivity index (χ0n) is 12.8. The second-order valence-electron chi connectivity index (χ2n) is 5.87. The van der Waals surface area contributed by atoms with Crippen LogP contribution in [0.25, 0.3) is 0 Å². The van der Waals surface area contributed by atoms with Crippen LogP contribution in [-0.4, -0.2) is 26.1 Å². The van der Waals surface area contributed by atoms with Crippen LogP contribution in [-0.2, 0) is 11.2 Å². The number of hydrogen-bond acceptors (Lipinski definition) is 3. The molecule has 3 N–H and O–H groups in total. The summed E-state index contributed by atoms with van der Waals surface area (Å²) < 4.78 is 5.11. The third-order valence-electron chi connectivity index (χ3n) is 4.45. The molecule has 1 aromatic rings. The SMILES string of the molecule is COc1ccc(CC(=O)NCC2CCCCC2CN)cc1. The number of hydrogen-bond donors (Lipinski definition) is 2. The lowest BCUT2D eigenvalue weighted by Gasteiger charge is -2.30. The molecular formula is C17H26N2O2. The van der Waals surface area contributed by atoms with Gasteiger partial charge in [-0.2, -0.15) is 0 Å². The van der Waals surface area contributed by atoms with Crippen molar-refractivity contribution in [3.8, 4) is 5.75 Å². The summed E-state index contributed by atoms with van der Waals surface area (Å²) in [7, 11) is 1.64. The fourth-order valence-electron chi connectivity index (χ4n) is 3.10. The van der Waals surface area contributed by atoms with E-state index in [1.807, 2.05) is 24.3 Å². The first-order chi connectivity index (χ1) is 10.2. The Hall–Kier alpha value is -1.55. The highest BCUT2D eigenvalue weighted by Crippen LogP contribution is 2.28. The molecule has 0 aliphatic heterocycles. The van der Waals surface area contributed by atoms with Crippen molar-refractivity contribution in [3.63, 3.8) is 0 Å². The minimum atomic E-state index is 0.0847. The highest BCUT2D eigenvalue weighted by molar-refractivity contribution is 5.78. The van der Waals surface area contributed by atoms with Gasteiger partial charge in [0.05, 0.1) is 13.5 Å². The molecule has 1 aliphatic carbocycles. The molecule has 0 aromatic heterocycles. The van der Waals surface area contributed by atoms with Gasteiger partial charge in [0, 0.05) is 6.54 Å². The van der Waals surface area contributed by atoms with Gasteiger partial charge in [0.15, 0.2) is 0 Å². The second-order valence-corrected chi connectivity index (χ2v) is 5.87. The molecule has 116 valence electrons. The Balaban J connectivity index is 1.78. The summed E-state index contributed by atoms with van der Waals surface area (Å²) in [6, 6.07) is 7.63. The zero-order chi connectivity index (χ0) is 15.1. The first kappa shape index (κ1) is 15.8. The fraction of sp³-hybridized carbons (Fsp3) is 0.588. The van der Waals surface area contributed by atoms with Gasteiger partial charge in [-0.3, -0.25) is 4.79 Å². The summed E-state index contributed by atoms with van der Waals surface area (Å²) in [4.78, 5) is 12.0. The molecule has 0 heterocycles. The number of carbonyl (C=O) groups is 1. The predicted octanol–water partition coefficient (Wildman–Crippen LogP) is 2.12. The van der Waals surface area contributed by atoms with Crippen LogP contribution in [0.4, 0.5) is 0 Å². The highest BCUT2D eigenvalue weighted by Gasteiger charge is 2.24. The third-order valence-corrected chi connectivity index (χ3v) is 4.45. The van der Waals surface area contributed by atoms with Crippen LogP contribution in [0.1, 0.15) is 31.2 Å². The minimum Gasteiger partial charge on any atom is -0.497 e. The summed E-state index contributed by atoms with van der Waals surface area (Å²) >= 11 is 0. The molecule has 4 nitrogen and oxygen atoms in total. The molecule has 2 unspecified atom stereocenters. The summed E-state index contributed by atoms with van der Waals surface area (Å²) in [6.07, 6.45) is 5.35. The molecule has 1 aliphatic rings. The van der Waals surface area contributed by atoms with E-state index in [-0.39, 0.29) is 5.91 Å². The Labute approximate surface area is 127 Å². The van der Waals surface area contributed by atoms with Crippen molar-refractivity contribution in [2.45, 2.75) is 32.1 Å². The number of amides is 1. The normalized spacial score (nSPS) is 21.8. The van der Waals surface area contributed by atoms with E-state index in [1.54, 1.807) is 7.11 Å². The average Bonchev–Trinajstić information content (AvgIpc) is 2.54. The maximum atomic E-state index is 12.0. The Morgan fingerprint density at radius 3 is 2.52 bits per heavy atom. The third kappa shape index (κ3) is 4.74. The summed E-state index contributed by atoms with van der Waals surface area (Å²) in [5.41, 5.74) is 6.83. The van der Waals surface area contributed by atoms with Gasteiger partial charge in [0.25, 0.3) is 0 Å². The average molecular weight is 290 g/mol. The number of carbonyl (C=O) groups excluding carboxylic acids is 1. The van der Waals surface area contributed by atoms with Crippen molar-refractivity contribution in [1.82, 2.24) is 5.32 Å². The number of benzene rings is 1. The van der Waals surface area contributed by atoms with Crippen LogP contribution in [0.15, 0.2) is 24.3 Å². The van der Waals surface area contributed by atoms with Crippen molar-refractivity contribution < 1.29 is 9.53 Å². The monoisotopic (exact) mass is 290 g/mol. The van der Waals surface area contributed by atoms with Gasteiger partial charge in [0.1, 0.15) is 5.75 Å². The lowest BCUT2D eigenvalue weighted by molar-refractivity contribution is -0.120. The van der Waals surface area contributed by atoms with Gasteiger partial charge in [-0.1, -0.05) is 25.0 Å². The summed E-state index contributed by atoms with van der Waals surface area (Å²) in [5.74, 6) is 2.01. The van der Waals surface area contributed by atoms with Gasteiger partial charge in [-0.05, 0) is 48.9 Å². The van der Waals surface area contributed by atoms with Gasteiger partial charge >= 0.3 is 0 Å². The molecule has 0 spiro atoms. The van der Waals surface area contributed by atoms with Gasteiger partial charge < -0.3 is 15.8 Å². The molecule has 0 radical (unpaired) electrons. The topological polar surface area (TPSA) is 64.3 Å². The Morgan fingerprint density at radius 1 is 1.24 bits per heavy atom. The molecule has 4 heteroatoms. The molecule has 0 bridgehead atoms. The number of nitrogens with one attached hydrogen (secondary N) is 1. The Bertz CT molecular complexity index is 445. The molecule has 2 atom stereocenters.